The van der Waals surface area contributed by atoms with Crippen LogP contribution in [0.25, 0.3) is 0 Å². The van der Waals surface area contributed by atoms with Crippen molar-refractivity contribution >= 4 is 6.16 Å². The van der Waals surface area contributed by atoms with Crippen molar-refractivity contribution in [2.75, 3.05) is 6.61 Å². The molecule has 0 aromatic rings. The Morgan fingerprint density at radius 3 is 2.63 bits per heavy atom. The monoisotopic (exact) mass is 276 g/mol. The van der Waals surface area contributed by atoms with E-state index in [4.69, 9.17) is 23.7 Å². The quantitative estimate of drug-likeness (QED) is 0.763. The third kappa shape index (κ3) is 3.17. The number of carbonyl (C=O) groups is 1. The summed E-state index contributed by atoms with van der Waals surface area (Å²) in [7, 11) is 0. The fourth-order valence-corrected chi connectivity index (χ4v) is 2.17. The first kappa shape index (κ1) is 14.5. The van der Waals surface area contributed by atoms with Gasteiger partial charge in [-0.05, 0) is 27.7 Å². The molecule has 0 spiro atoms. The molecular formula is C12H20O7. The number of aliphatic hydroxyl groups is 1. The van der Waals surface area contributed by atoms with Crippen molar-refractivity contribution < 1.29 is 33.6 Å². The van der Waals surface area contributed by atoms with Gasteiger partial charge in [-0.3, -0.25) is 0 Å². The average molecular weight is 276 g/mol. The van der Waals surface area contributed by atoms with Gasteiger partial charge < -0.3 is 28.8 Å². The third-order valence-corrected chi connectivity index (χ3v) is 2.83. The first-order valence-corrected chi connectivity index (χ1v) is 6.31. The van der Waals surface area contributed by atoms with Gasteiger partial charge in [-0.15, -0.1) is 0 Å². The topological polar surface area (TPSA) is 83.5 Å². The molecule has 19 heavy (non-hydrogen) atoms. The summed E-state index contributed by atoms with van der Waals surface area (Å²) in [5, 5.41) is 9.25. The second kappa shape index (κ2) is 5.24. The van der Waals surface area contributed by atoms with Gasteiger partial charge in [-0.25, -0.2) is 4.79 Å². The molecule has 2 saturated heterocycles. The van der Waals surface area contributed by atoms with E-state index in [1.807, 2.05) is 0 Å². The molecule has 0 unspecified atom stereocenters. The van der Waals surface area contributed by atoms with E-state index in [0.29, 0.717) is 0 Å². The summed E-state index contributed by atoms with van der Waals surface area (Å²) in [6.45, 7) is 6.63. The number of carbonyl (C=O) groups excluding carboxylic acids is 1. The zero-order valence-corrected chi connectivity index (χ0v) is 11.5. The highest BCUT2D eigenvalue weighted by molar-refractivity contribution is 5.60. The van der Waals surface area contributed by atoms with Crippen molar-refractivity contribution in [3.05, 3.63) is 0 Å². The van der Waals surface area contributed by atoms with Crippen LogP contribution in [-0.4, -0.2) is 54.4 Å². The lowest BCUT2D eigenvalue weighted by atomic mass is 10.1. The van der Waals surface area contributed by atoms with Crippen LogP contribution in [0, 0.1) is 0 Å². The molecule has 0 aliphatic carbocycles. The molecule has 2 aliphatic rings. The van der Waals surface area contributed by atoms with Crippen LogP contribution in [0.2, 0.25) is 0 Å². The van der Waals surface area contributed by atoms with Gasteiger partial charge in [0.15, 0.2) is 24.3 Å². The number of fused-ring (bicyclic) bond motifs is 1. The third-order valence-electron chi connectivity index (χ3n) is 2.83. The largest absolute Gasteiger partial charge is 0.508 e. The molecule has 2 aliphatic heterocycles. The van der Waals surface area contributed by atoms with Gasteiger partial charge >= 0.3 is 6.16 Å². The molecule has 0 aromatic carbocycles. The van der Waals surface area contributed by atoms with Crippen LogP contribution in [0.4, 0.5) is 4.79 Å². The molecule has 2 fully saturated rings. The van der Waals surface area contributed by atoms with Crippen LogP contribution in [-0.2, 0) is 23.7 Å². The molecular weight excluding hydrogens is 256 g/mol. The van der Waals surface area contributed by atoms with E-state index in [-0.39, 0.29) is 12.7 Å². The maximum atomic E-state index is 11.5. The Balaban J connectivity index is 2.02. The zero-order chi connectivity index (χ0) is 14.2. The molecule has 7 heteroatoms. The van der Waals surface area contributed by atoms with Crippen LogP contribution in [0.1, 0.15) is 27.7 Å². The van der Waals surface area contributed by atoms with Crippen LogP contribution >= 0.6 is 0 Å². The summed E-state index contributed by atoms with van der Waals surface area (Å²) in [6, 6.07) is 0. The number of hydrogen-bond acceptors (Lipinski definition) is 7. The Bertz CT molecular complexity index is 341. The Hall–Kier alpha value is -0.890. The van der Waals surface area contributed by atoms with Crippen LogP contribution < -0.4 is 0 Å². The molecule has 2 rings (SSSR count). The summed E-state index contributed by atoms with van der Waals surface area (Å²) in [6.07, 6.45) is -3.73. The highest BCUT2D eigenvalue weighted by atomic mass is 16.9. The van der Waals surface area contributed by atoms with Gasteiger partial charge in [0.05, 0.1) is 12.7 Å². The Morgan fingerprint density at radius 2 is 2.05 bits per heavy atom. The lowest BCUT2D eigenvalue weighted by Gasteiger charge is -2.24. The minimum atomic E-state index is -0.809. The van der Waals surface area contributed by atoms with Crippen molar-refractivity contribution in [3.63, 3.8) is 0 Å². The van der Waals surface area contributed by atoms with Gasteiger partial charge in [0, 0.05) is 0 Å². The van der Waals surface area contributed by atoms with Gasteiger partial charge in [-0.2, -0.15) is 0 Å². The van der Waals surface area contributed by atoms with E-state index in [1.165, 1.54) is 0 Å². The van der Waals surface area contributed by atoms with Gasteiger partial charge in [-0.1, -0.05) is 0 Å². The first-order valence-electron chi connectivity index (χ1n) is 6.31. The Morgan fingerprint density at radius 1 is 1.37 bits per heavy atom. The second-order valence-corrected chi connectivity index (χ2v) is 5.32. The van der Waals surface area contributed by atoms with Crippen LogP contribution in [0.15, 0.2) is 0 Å². The lowest BCUT2D eigenvalue weighted by molar-refractivity contribution is -0.219. The summed E-state index contributed by atoms with van der Waals surface area (Å²) in [5.41, 5.74) is 0. The first-order chi connectivity index (χ1) is 8.82. The summed E-state index contributed by atoms with van der Waals surface area (Å²) >= 11 is 0. The molecule has 0 bridgehead atoms. The fraction of sp³-hybridized carbons (Fsp3) is 0.917. The minimum absolute atomic E-state index is 0.282. The molecule has 4 atom stereocenters. The van der Waals surface area contributed by atoms with E-state index in [0.717, 1.165) is 0 Å². The van der Waals surface area contributed by atoms with Crippen molar-refractivity contribution in [2.45, 2.75) is 64.2 Å². The van der Waals surface area contributed by atoms with Crippen molar-refractivity contribution in [1.29, 1.82) is 0 Å². The van der Waals surface area contributed by atoms with E-state index < -0.39 is 36.5 Å². The average Bonchev–Trinajstić information content (AvgIpc) is 2.71. The van der Waals surface area contributed by atoms with Crippen LogP contribution in [0.3, 0.4) is 0 Å². The van der Waals surface area contributed by atoms with E-state index >= 15 is 0 Å². The molecule has 0 saturated carbocycles. The Labute approximate surface area is 111 Å². The predicted molar refractivity (Wildman–Crippen MR) is 62.3 cm³/mol. The predicted octanol–water partition coefficient (Wildman–Crippen LogP) is 0.785. The fourth-order valence-electron chi connectivity index (χ4n) is 2.17. The van der Waals surface area contributed by atoms with Crippen molar-refractivity contribution in [1.82, 2.24) is 0 Å². The molecule has 110 valence electrons. The minimum Gasteiger partial charge on any atom is -0.432 e. The van der Waals surface area contributed by atoms with Gasteiger partial charge in [0.2, 0.25) is 0 Å². The highest BCUT2D eigenvalue weighted by Gasteiger charge is 2.56. The lowest BCUT2D eigenvalue weighted by Crippen LogP contribution is -2.40. The van der Waals surface area contributed by atoms with E-state index in [1.54, 1.807) is 27.7 Å². The summed E-state index contributed by atoms with van der Waals surface area (Å²) < 4.78 is 26.7. The van der Waals surface area contributed by atoms with E-state index in [2.05, 4.69) is 0 Å². The normalized spacial score (nSPS) is 36.3. The zero-order valence-electron chi connectivity index (χ0n) is 11.5. The number of hydrogen-bond donors (Lipinski definition) is 1. The smallest absolute Gasteiger partial charge is 0.432 e. The summed E-state index contributed by atoms with van der Waals surface area (Å²) in [4.78, 5) is 11.5. The van der Waals surface area contributed by atoms with Gasteiger partial charge in [0.25, 0.3) is 0 Å². The highest BCUT2D eigenvalue weighted by Crippen LogP contribution is 2.38. The van der Waals surface area contributed by atoms with Crippen molar-refractivity contribution in [3.8, 4) is 0 Å². The molecule has 0 amide bonds. The molecule has 1 N–H and O–H groups in total. The summed E-state index contributed by atoms with van der Waals surface area (Å²) in [5.74, 6) is -0.806. The maximum Gasteiger partial charge on any atom is 0.508 e. The SMILES string of the molecule is CC(C)OC(=O)O[C@@H]1[C@H]2OC(C)(C)O[C@H]2O[C@@H]1CO. The van der Waals surface area contributed by atoms with E-state index in [9.17, 15) is 9.90 Å². The van der Waals surface area contributed by atoms with Crippen LogP contribution in [0.5, 0.6) is 0 Å². The molecule has 2 heterocycles. The molecule has 0 aromatic heterocycles. The maximum absolute atomic E-state index is 11.5. The molecule has 7 nitrogen and oxygen atoms in total. The standard InChI is InChI=1S/C12H20O7/c1-6(2)15-11(14)17-8-7(5-13)16-10-9(8)18-12(3,4)19-10/h6-10,13H,5H2,1-4H3/t7-,8+,9-,10-/m1/s1. The molecule has 0 radical (unpaired) electrons. The second-order valence-electron chi connectivity index (χ2n) is 5.32. The number of aliphatic hydroxyl groups excluding tert-OH is 1. The van der Waals surface area contributed by atoms with Gasteiger partial charge in [0.1, 0.15) is 6.10 Å². The van der Waals surface area contributed by atoms with Crippen molar-refractivity contribution in [2.24, 2.45) is 0 Å². The number of rotatable bonds is 3. The number of ether oxygens (including phenoxy) is 5. The Kier molecular flexibility index (Phi) is 4.00.